The molecular weight excluding hydrogens is 120 g/mol. The molecule has 5 aliphatic carbocycles. The van der Waals surface area contributed by atoms with Crippen LogP contribution >= 0.6 is 0 Å². The average Bonchev–Trinajstić information content (AvgIpc) is 2.41. The van der Waals surface area contributed by atoms with E-state index in [1.54, 1.807) is 38.5 Å². The third-order valence-electron chi connectivity index (χ3n) is 5.36. The zero-order valence-corrected chi connectivity index (χ0v) is 6.40. The second-order valence-corrected chi connectivity index (χ2v) is 5.23. The summed E-state index contributed by atoms with van der Waals surface area (Å²) in [6.45, 7) is 0. The van der Waals surface area contributed by atoms with Crippen LogP contribution in [0.3, 0.4) is 0 Å². The molecule has 0 aromatic heterocycles. The van der Waals surface area contributed by atoms with Crippen molar-refractivity contribution in [2.75, 3.05) is 0 Å². The number of rotatable bonds is 0. The van der Waals surface area contributed by atoms with Crippen LogP contribution in [0.4, 0.5) is 0 Å². The topological polar surface area (TPSA) is 0 Å². The van der Waals surface area contributed by atoms with Crippen molar-refractivity contribution in [3.63, 3.8) is 0 Å². The van der Waals surface area contributed by atoms with Crippen molar-refractivity contribution in [1.82, 2.24) is 0 Å². The van der Waals surface area contributed by atoms with Gasteiger partial charge in [-0.15, -0.1) is 0 Å². The van der Waals surface area contributed by atoms with Gasteiger partial charge in [0.2, 0.25) is 0 Å². The minimum atomic E-state index is 0.984. The maximum absolute atomic E-state index is 1.65. The first-order chi connectivity index (χ1) is 4.87. The molecule has 5 rings (SSSR count). The van der Waals surface area contributed by atoms with Gasteiger partial charge in [-0.2, -0.15) is 0 Å². The molecular formula is C10H14. The first kappa shape index (κ1) is 4.79. The molecule has 0 radical (unpaired) electrons. The Morgan fingerprint density at radius 1 is 1.00 bits per heavy atom. The summed E-state index contributed by atoms with van der Waals surface area (Å²) in [4.78, 5) is 0. The van der Waals surface area contributed by atoms with Crippen LogP contribution in [0.25, 0.3) is 0 Å². The van der Waals surface area contributed by atoms with E-state index in [1.807, 2.05) is 0 Å². The number of hydrogen-bond donors (Lipinski definition) is 0. The summed E-state index contributed by atoms with van der Waals surface area (Å²) in [6, 6.07) is 0. The highest BCUT2D eigenvalue weighted by Crippen LogP contribution is 2.92. The highest BCUT2D eigenvalue weighted by molar-refractivity contribution is 5.33. The van der Waals surface area contributed by atoms with Crippen molar-refractivity contribution in [2.24, 2.45) is 22.7 Å². The summed E-state index contributed by atoms with van der Waals surface area (Å²) >= 11 is 0. The lowest BCUT2D eigenvalue weighted by Crippen LogP contribution is -1.95. The summed E-state index contributed by atoms with van der Waals surface area (Å²) < 4.78 is 0. The zero-order chi connectivity index (χ0) is 6.40. The molecule has 0 nitrogen and oxygen atoms in total. The Bertz CT molecular complexity index is 200. The van der Waals surface area contributed by atoms with Gasteiger partial charge < -0.3 is 0 Å². The molecule has 5 aliphatic rings. The third kappa shape index (κ3) is 0.233. The monoisotopic (exact) mass is 134 g/mol. The van der Waals surface area contributed by atoms with E-state index in [0.29, 0.717) is 0 Å². The maximum Gasteiger partial charge on any atom is -0.0201 e. The standard InChI is InChI=1S/C10H14/c1-2-9-5-7-4-8(9)10(9,3-1)6-7/h7-8H,1-6H2. The summed E-state index contributed by atoms with van der Waals surface area (Å²) in [5.74, 6) is 2.45. The fourth-order valence-corrected chi connectivity index (χ4v) is 5.35. The van der Waals surface area contributed by atoms with Crippen LogP contribution < -0.4 is 0 Å². The lowest BCUT2D eigenvalue weighted by molar-refractivity contribution is 0.457. The van der Waals surface area contributed by atoms with Crippen LogP contribution in [0.15, 0.2) is 0 Å². The molecule has 4 bridgehead atoms. The molecule has 0 aliphatic heterocycles. The Labute approximate surface area is 62.0 Å². The summed E-state index contributed by atoms with van der Waals surface area (Å²) in [5.41, 5.74) is 1.97. The Morgan fingerprint density at radius 3 is 2.20 bits per heavy atom. The molecule has 10 heavy (non-hydrogen) atoms. The van der Waals surface area contributed by atoms with Crippen molar-refractivity contribution >= 4 is 0 Å². The summed E-state index contributed by atoms with van der Waals surface area (Å²) in [5, 5.41) is 0. The van der Waals surface area contributed by atoms with Crippen molar-refractivity contribution in [2.45, 2.75) is 38.5 Å². The van der Waals surface area contributed by atoms with Gasteiger partial charge in [-0.25, -0.2) is 0 Å². The molecule has 2 unspecified atom stereocenters. The zero-order valence-electron chi connectivity index (χ0n) is 6.40. The third-order valence-corrected chi connectivity index (χ3v) is 5.36. The first-order valence-electron chi connectivity index (χ1n) is 4.87. The average molecular weight is 134 g/mol. The summed E-state index contributed by atoms with van der Waals surface area (Å²) in [7, 11) is 0. The second kappa shape index (κ2) is 1.00. The normalized spacial score (nSPS) is 74.4. The molecule has 0 aromatic rings. The fourth-order valence-electron chi connectivity index (χ4n) is 5.35. The molecule has 5 fully saturated rings. The highest BCUT2D eigenvalue weighted by atomic mass is 14.9. The lowest BCUT2D eigenvalue weighted by atomic mass is 10.0. The van der Waals surface area contributed by atoms with E-state index in [9.17, 15) is 0 Å². The van der Waals surface area contributed by atoms with Crippen molar-refractivity contribution in [3.05, 3.63) is 0 Å². The Kier molecular flexibility index (Phi) is 0.479. The van der Waals surface area contributed by atoms with Crippen molar-refractivity contribution in [1.29, 1.82) is 0 Å². The SMILES string of the molecule is C1CC23CC4CC2C3(C1)C4. The van der Waals surface area contributed by atoms with Crippen LogP contribution in [-0.4, -0.2) is 0 Å². The van der Waals surface area contributed by atoms with E-state index in [2.05, 4.69) is 0 Å². The first-order valence-corrected chi connectivity index (χ1v) is 4.87. The lowest BCUT2D eigenvalue weighted by Gasteiger charge is -2.04. The largest absolute Gasteiger partial charge is 0.0522 e. The summed E-state index contributed by atoms with van der Waals surface area (Å²) in [6.07, 6.45) is 9.75. The van der Waals surface area contributed by atoms with Gasteiger partial charge in [-0.3, -0.25) is 0 Å². The van der Waals surface area contributed by atoms with Gasteiger partial charge >= 0.3 is 0 Å². The van der Waals surface area contributed by atoms with Gasteiger partial charge in [0.15, 0.2) is 0 Å². The quantitative estimate of drug-likeness (QED) is 0.477. The van der Waals surface area contributed by atoms with Crippen molar-refractivity contribution < 1.29 is 0 Å². The smallest absolute Gasteiger partial charge is 0.0201 e. The minimum Gasteiger partial charge on any atom is -0.0522 e. The minimum absolute atomic E-state index is 0.984. The van der Waals surface area contributed by atoms with E-state index in [-0.39, 0.29) is 0 Å². The Morgan fingerprint density at radius 2 is 1.70 bits per heavy atom. The molecule has 2 atom stereocenters. The van der Waals surface area contributed by atoms with Gasteiger partial charge in [0.05, 0.1) is 0 Å². The van der Waals surface area contributed by atoms with Crippen LogP contribution in [0.5, 0.6) is 0 Å². The molecule has 0 aromatic carbocycles. The fraction of sp³-hybridized carbons (Fsp3) is 1.00. The molecule has 2 spiro atoms. The molecule has 0 heterocycles. The molecule has 0 saturated heterocycles. The molecule has 0 heteroatoms. The van der Waals surface area contributed by atoms with Crippen LogP contribution in [0.1, 0.15) is 38.5 Å². The van der Waals surface area contributed by atoms with Gasteiger partial charge in [-0.05, 0) is 54.8 Å². The van der Waals surface area contributed by atoms with Gasteiger partial charge in [0.25, 0.3) is 0 Å². The molecule has 5 saturated carbocycles. The molecule has 0 N–H and O–H groups in total. The predicted molar refractivity (Wildman–Crippen MR) is 39.5 cm³/mol. The van der Waals surface area contributed by atoms with Gasteiger partial charge in [0.1, 0.15) is 0 Å². The van der Waals surface area contributed by atoms with Gasteiger partial charge in [-0.1, -0.05) is 6.42 Å². The Hall–Kier alpha value is 0. The van der Waals surface area contributed by atoms with Crippen molar-refractivity contribution in [3.8, 4) is 0 Å². The van der Waals surface area contributed by atoms with E-state index in [1.165, 1.54) is 11.8 Å². The van der Waals surface area contributed by atoms with E-state index >= 15 is 0 Å². The number of hydrogen-bond acceptors (Lipinski definition) is 0. The maximum atomic E-state index is 1.65. The highest BCUT2D eigenvalue weighted by Gasteiger charge is 2.84. The predicted octanol–water partition coefficient (Wildman–Crippen LogP) is 2.59. The van der Waals surface area contributed by atoms with Crippen LogP contribution in [0.2, 0.25) is 0 Å². The van der Waals surface area contributed by atoms with E-state index in [0.717, 1.165) is 10.8 Å². The Balaban J connectivity index is 1.99. The molecule has 54 valence electrons. The van der Waals surface area contributed by atoms with E-state index < -0.39 is 0 Å². The van der Waals surface area contributed by atoms with Crippen LogP contribution in [0, 0.1) is 22.7 Å². The second-order valence-electron chi connectivity index (χ2n) is 5.23. The van der Waals surface area contributed by atoms with E-state index in [4.69, 9.17) is 0 Å². The molecule has 0 amide bonds. The van der Waals surface area contributed by atoms with Crippen LogP contribution in [-0.2, 0) is 0 Å². The van der Waals surface area contributed by atoms with Gasteiger partial charge in [0, 0.05) is 0 Å².